The first-order chi connectivity index (χ1) is 8.88. The second-order valence-corrected chi connectivity index (χ2v) is 4.65. The minimum Gasteiger partial charge on any atom is -0.381 e. The summed E-state index contributed by atoms with van der Waals surface area (Å²) >= 11 is 0. The van der Waals surface area contributed by atoms with Crippen molar-refractivity contribution >= 4 is 0 Å². The average molecular weight is 250 g/mol. The number of pyridine rings is 1. The molecule has 18 heavy (non-hydrogen) atoms. The fraction of sp³-hybridized carbons (Fsp3) is 0.643. The number of hydrogen-bond donors (Lipinski definition) is 1. The lowest BCUT2D eigenvalue weighted by molar-refractivity contribution is 0.0772. The number of ether oxygens (including phenoxy) is 2. The summed E-state index contributed by atoms with van der Waals surface area (Å²) < 4.78 is 11.0. The second kappa shape index (κ2) is 7.46. The summed E-state index contributed by atoms with van der Waals surface area (Å²) in [5.41, 5.74) is 2.08. The Morgan fingerprint density at radius 3 is 3.11 bits per heavy atom. The van der Waals surface area contributed by atoms with Crippen LogP contribution in [0.25, 0.3) is 0 Å². The Morgan fingerprint density at radius 2 is 2.33 bits per heavy atom. The van der Waals surface area contributed by atoms with Crippen molar-refractivity contribution in [3.8, 4) is 0 Å². The zero-order chi connectivity index (χ0) is 12.6. The molecule has 100 valence electrons. The van der Waals surface area contributed by atoms with Crippen LogP contribution in [0.3, 0.4) is 0 Å². The topological polar surface area (TPSA) is 43.4 Å². The largest absolute Gasteiger partial charge is 0.381 e. The highest BCUT2D eigenvalue weighted by Gasteiger charge is 2.15. The molecular formula is C14H22N2O2. The van der Waals surface area contributed by atoms with Gasteiger partial charge in [0.15, 0.2) is 0 Å². The van der Waals surface area contributed by atoms with Crippen molar-refractivity contribution in [2.24, 2.45) is 5.92 Å². The first kappa shape index (κ1) is 13.5. The van der Waals surface area contributed by atoms with Crippen molar-refractivity contribution in [1.29, 1.82) is 0 Å². The van der Waals surface area contributed by atoms with E-state index in [0.29, 0.717) is 12.5 Å². The summed E-state index contributed by atoms with van der Waals surface area (Å²) in [6, 6.07) is 6.09. The van der Waals surface area contributed by atoms with Crippen LogP contribution in [0, 0.1) is 5.92 Å². The van der Waals surface area contributed by atoms with E-state index >= 15 is 0 Å². The molecule has 1 aliphatic rings. The number of aromatic nitrogens is 1. The van der Waals surface area contributed by atoms with Gasteiger partial charge in [-0.15, -0.1) is 0 Å². The Hall–Kier alpha value is -0.970. The van der Waals surface area contributed by atoms with Crippen LogP contribution in [0.15, 0.2) is 18.2 Å². The molecule has 0 saturated carbocycles. The van der Waals surface area contributed by atoms with E-state index in [2.05, 4.69) is 17.2 Å². The van der Waals surface area contributed by atoms with E-state index in [1.165, 1.54) is 0 Å². The molecule has 2 heterocycles. The molecule has 1 saturated heterocycles. The second-order valence-electron chi connectivity index (χ2n) is 4.65. The summed E-state index contributed by atoms with van der Waals surface area (Å²) in [5, 5.41) is 3.27. The summed E-state index contributed by atoms with van der Waals surface area (Å²) in [7, 11) is 0. The molecule has 0 radical (unpaired) electrons. The lowest BCUT2D eigenvalue weighted by Crippen LogP contribution is -2.14. The van der Waals surface area contributed by atoms with Crippen LogP contribution in [0.2, 0.25) is 0 Å². The fourth-order valence-electron chi connectivity index (χ4n) is 2.01. The molecule has 1 atom stereocenters. The van der Waals surface area contributed by atoms with Gasteiger partial charge in [-0.05, 0) is 25.1 Å². The fourth-order valence-corrected chi connectivity index (χ4v) is 2.01. The molecule has 0 bridgehead atoms. The predicted octanol–water partition coefficient (Wildman–Crippen LogP) is 1.74. The first-order valence-corrected chi connectivity index (χ1v) is 6.69. The van der Waals surface area contributed by atoms with Crippen LogP contribution in [0.5, 0.6) is 0 Å². The lowest BCUT2D eigenvalue weighted by Gasteiger charge is -2.09. The van der Waals surface area contributed by atoms with Gasteiger partial charge in [0.25, 0.3) is 0 Å². The van der Waals surface area contributed by atoms with Gasteiger partial charge < -0.3 is 14.8 Å². The molecule has 1 aromatic rings. The molecular weight excluding hydrogens is 228 g/mol. The maximum Gasteiger partial charge on any atom is 0.0888 e. The van der Waals surface area contributed by atoms with Crippen LogP contribution in [0.1, 0.15) is 24.7 Å². The molecule has 1 aliphatic heterocycles. The molecule has 0 amide bonds. The molecule has 0 spiro atoms. The van der Waals surface area contributed by atoms with Crippen LogP contribution < -0.4 is 5.32 Å². The quantitative estimate of drug-likeness (QED) is 0.800. The van der Waals surface area contributed by atoms with Crippen molar-refractivity contribution in [2.75, 3.05) is 26.4 Å². The van der Waals surface area contributed by atoms with Crippen LogP contribution >= 0.6 is 0 Å². The van der Waals surface area contributed by atoms with Gasteiger partial charge in [0, 0.05) is 19.1 Å². The highest BCUT2D eigenvalue weighted by Crippen LogP contribution is 2.13. The van der Waals surface area contributed by atoms with E-state index in [4.69, 9.17) is 9.47 Å². The van der Waals surface area contributed by atoms with Gasteiger partial charge in [-0.3, -0.25) is 4.98 Å². The third kappa shape index (κ3) is 4.37. The summed E-state index contributed by atoms with van der Waals surface area (Å²) in [6.45, 7) is 6.97. The van der Waals surface area contributed by atoms with Gasteiger partial charge in [-0.2, -0.15) is 0 Å². The number of nitrogens with one attached hydrogen (secondary N) is 1. The smallest absolute Gasteiger partial charge is 0.0888 e. The van der Waals surface area contributed by atoms with Crippen molar-refractivity contribution in [2.45, 2.75) is 26.5 Å². The van der Waals surface area contributed by atoms with Crippen molar-refractivity contribution in [1.82, 2.24) is 10.3 Å². The summed E-state index contributed by atoms with van der Waals surface area (Å²) in [6.07, 6.45) is 1.12. The molecule has 0 aromatic carbocycles. The molecule has 1 fully saturated rings. The third-order valence-corrected chi connectivity index (χ3v) is 3.05. The van der Waals surface area contributed by atoms with Gasteiger partial charge in [0.1, 0.15) is 0 Å². The Labute approximate surface area is 109 Å². The maximum atomic E-state index is 5.70. The first-order valence-electron chi connectivity index (χ1n) is 6.69. The normalized spacial score (nSPS) is 19.3. The number of rotatable bonds is 7. The molecule has 1 aromatic heterocycles. The summed E-state index contributed by atoms with van der Waals surface area (Å²) in [5.74, 6) is 0.565. The molecule has 1 unspecified atom stereocenters. The monoisotopic (exact) mass is 250 g/mol. The number of nitrogens with zero attached hydrogens (tertiary/aromatic N) is 1. The zero-order valence-electron chi connectivity index (χ0n) is 11.0. The zero-order valence-corrected chi connectivity index (χ0v) is 11.0. The minimum absolute atomic E-state index is 0.565. The SMILES string of the molecule is CCNCc1cccc(COCC2CCOC2)n1. The Morgan fingerprint density at radius 1 is 1.44 bits per heavy atom. The van der Waals surface area contributed by atoms with Crippen LogP contribution in [0.4, 0.5) is 0 Å². The Bertz CT molecular complexity index is 351. The predicted molar refractivity (Wildman–Crippen MR) is 70.2 cm³/mol. The van der Waals surface area contributed by atoms with Crippen molar-refractivity contribution in [3.63, 3.8) is 0 Å². The van der Waals surface area contributed by atoms with Crippen molar-refractivity contribution < 1.29 is 9.47 Å². The van der Waals surface area contributed by atoms with Gasteiger partial charge in [-0.1, -0.05) is 13.0 Å². The van der Waals surface area contributed by atoms with Crippen LogP contribution in [-0.4, -0.2) is 31.3 Å². The molecule has 0 aliphatic carbocycles. The van der Waals surface area contributed by atoms with Gasteiger partial charge in [0.05, 0.1) is 31.2 Å². The Kier molecular flexibility index (Phi) is 5.58. The summed E-state index contributed by atoms with van der Waals surface area (Å²) in [4.78, 5) is 4.56. The highest BCUT2D eigenvalue weighted by atomic mass is 16.5. The average Bonchev–Trinajstić information content (AvgIpc) is 2.90. The number of hydrogen-bond acceptors (Lipinski definition) is 4. The molecule has 2 rings (SSSR count). The van der Waals surface area contributed by atoms with Crippen LogP contribution in [-0.2, 0) is 22.6 Å². The third-order valence-electron chi connectivity index (χ3n) is 3.05. The molecule has 4 nitrogen and oxygen atoms in total. The van der Waals surface area contributed by atoms with Gasteiger partial charge >= 0.3 is 0 Å². The van der Waals surface area contributed by atoms with E-state index in [1.54, 1.807) is 0 Å². The highest BCUT2D eigenvalue weighted by molar-refractivity contribution is 5.10. The van der Waals surface area contributed by atoms with Crippen molar-refractivity contribution in [3.05, 3.63) is 29.6 Å². The van der Waals surface area contributed by atoms with E-state index < -0.39 is 0 Å². The lowest BCUT2D eigenvalue weighted by atomic mass is 10.1. The molecule has 4 heteroatoms. The van der Waals surface area contributed by atoms with E-state index in [1.807, 2.05) is 18.2 Å². The van der Waals surface area contributed by atoms with E-state index in [0.717, 1.165) is 50.7 Å². The minimum atomic E-state index is 0.565. The standard InChI is InChI=1S/C14H22N2O2/c1-2-15-8-13-4-3-5-14(16-13)11-18-10-12-6-7-17-9-12/h3-5,12,15H,2,6-11H2,1H3. The van der Waals surface area contributed by atoms with Gasteiger partial charge in [0.2, 0.25) is 0 Å². The van der Waals surface area contributed by atoms with Gasteiger partial charge in [-0.25, -0.2) is 0 Å². The maximum absolute atomic E-state index is 5.70. The Balaban J connectivity index is 1.74. The van der Waals surface area contributed by atoms with E-state index in [9.17, 15) is 0 Å². The molecule has 1 N–H and O–H groups in total. The van der Waals surface area contributed by atoms with E-state index in [-0.39, 0.29) is 0 Å².